The molecule has 0 unspecified atom stereocenters. The fourth-order valence-corrected chi connectivity index (χ4v) is 3.44. The molecule has 136 valence electrons. The minimum Gasteiger partial charge on any atom is -0.481 e. The van der Waals surface area contributed by atoms with Crippen molar-refractivity contribution in [1.29, 1.82) is 0 Å². The van der Waals surface area contributed by atoms with Crippen LogP contribution in [0.1, 0.15) is 88.1 Å². The maximum Gasteiger partial charge on any atom is 0.311 e. The van der Waals surface area contributed by atoms with Crippen molar-refractivity contribution in [2.24, 2.45) is 0 Å². The lowest BCUT2D eigenvalue weighted by atomic mass is 10.1. The van der Waals surface area contributed by atoms with Crippen LogP contribution >= 0.6 is 11.8 Å². The molecule has 1 aromatic heterocycles. The van der Waals surface area contributed by atoms with Crippen LogP contribution in [0, 0.1) is 0 Å². The van der Waals surface area contributed by atoms with Gasteiger partial charge in [-0.1, -0.05) is 64.7 Å². The van der Waals surface area contributed by atoms with Gasteiger partial charge >= 0.3 is 5.97 Å². The van der Waals surface area contributed by atoms with E-state index in [0.717, 1.165) is 17.1 Å². The fraction of sp³-hybridized carbons (Fsp3) is 0.684. The van der Waals surface area contributed by atoms with Crippen LogP contribution in [0.25, 0.3) is 0 Å². The predicted molar refractivity (Wildman–Crippen MR) is 97.9 cm³/mol. The molecule has 0 aromatic carbocycles. The Morgan fingerprint density at radius 2 is 1.58 bits per heavy atom. The molecule has 0 bridgehead atoms. The third-order valence-electron chi connectivity index (χ3n) is 3.93. The second kappa shape index (κ2) is 13.1. The van der Waals surface area contributed by atoms with Crippen molar-refractivity contribution in [3.8, 4) is 0 Å². The molecule has 1 aromatic rings. The highest BCUT2D eigenvalue weighted by atomic mass is 32.2. The average Bonchev–Trinajstić information content (AvgIpc) is 3.01. The van der Waals surface area contributed by atoms with E-state index in [4.69, 9.17) is 9.52 Å². The van der Waals surface area contributed by atoms with Crippen LogP contribution in [0.5, 0.6) is 0 Å². The molecule has 5 heteroatoms. The number of carbonyl (C=O) groups is 2. The summed E-state index contributed by atoms with van der Waals surface area (Å²) < 4.78 is 5.14. The summed E-state index contributed by atoms with van der Waals surface area (Å²) in [6.45, 7) is 2.25. The van der Waals surface area contributed by atoms with E-state index in [0.29, 0.717) is 0 Å². The highest BCUT2D eigenvalue weighted by Gasteiger charge is 2.14. The number of hydrogen-bond acceptors (Lipinski definition) is 4. The smallest absolute Gasteiger partial charge is 0.311 e. The zero-order valence-electron chi connectivity index (χ0n) is 14.7. The quantitative estimate of drug-likeness (QED) is 0.182. The lowest BCUT2D eigenvalue weighted by molar-refractivity contribution is -0.135. The summed E-state index contributed by atoms with van der Waals surface area (Å²) in [5.74, 6) is -0.463. The molecule has 0 atom stereocenters. The van der Waals surface area contributed by atoms with Crippen molar-refractivity contribution in [3.63, 3.8) is 0 Å². The number of hydrogen-bond donors (Lipinski definition) is 1. The van der Waals surface area contributed by atoms with Gasteiger partial charge in [0.15, 0.2) is 5.76 Å². The Morgan fingerprint density at radius 3 is 2.17 bits per heavy atom. The van der Waals surface area contributed by atoms with E-state index < -0.39 is 18.2 Å². The molecule has 1 rings (SSSR count). The standard InChI is InChI=1S/C19H30O4S/c1-2-3-4-5-6-7-8-9-10-11-12-24-16-13-18(23-15-16)17(20)14-19(21)22/h13,15H,2-12,14H2,1H3,(H,21,22). The van der Waals surface area contributed by atoms with Gasteiger partial charge in [-0.05, 0) is 12.2 Å². The largest absolute Gasteiger partial charge is 0.481 e. The number of carbonyl (C=O) groups excluding carboxylic acids is 1. The third kappa shape index (κ3) is 9.81. The average molecular weight is 355 g/mol. The molecule has 0 saturated heterocycles. The summed E-state index contributed by atoms with van der Waals surface area (Å²) >= 11 is 1.66. The van der Waals surface area contributed by atoms with Crippen LogP contribution in [-0.2, 0) is 4.79 Å². The fourth-order valence-electron chi connectivity index (χ4n) is 2.54. The number of unbranched alkanes of at least 4 members (excludes halogenated alkanes) is 9. The van der Waals surface area contributed by atoms with Crippen LogP contribution < -0.4 is 0 Å². The van der Waals surface area contributed by atoms with Crippen molar-refractivity contribution < 1.29 is 19.1 Å². The first-order valence-corrected chi connectivity index (χ1v) is 10.1. The molecule has 0 aliphatic carbocycles. The third-order valence-corrected chi connectivity index (χ3v) is 4.97. The summed E-state index contributed by atoms with van der Waals surface area (Å²) in [6.07, 6.45) is 14.2. The van der Waals surface area contributed by atoms with Gasteiger partial charge in [0.1, 0.15) is 12.7 Å². The Balaban J connectivity index is 2.01. The van der Waals surface area contributed by atoms with Crippen molar-refractivity contribution in [2.45, 2.75) is 82.4 Å². The van der Waals surface area contributed by atoms with Gasteiger partial charge in [0.25, 0.3) is 0 Å². The number of ketones is 1. The van der Waals surface area contributed by atoms with Gasteiger partial charge in [-0.2, -0.15) is 0 Å². The molecule has 1 heterocycles. The van der Waals surface area contributed by atoms with Gasteiger partial charge in [0, 0.05) is 11.0 Å². The molecule has 0 saturated carbocycles. The monoisotopic (exact) mass is 354 g/mol. The van der Waals surface area contributed by atoms with Crippen molar-refractivity contribution in [3.05, 3.63) is 18.1 Å². The summed E-state index contributed by atoms with van der Waals surface area (Å²) in [5.41, 5.74) is 0. The minimum absolute atomic E-state index is 0.142. The van der Waals surface area contributed by atoms with Crippen LogP contribution in [0.2, 0.25) is 0 Å². The Labute approximate surface area is 149 Å². The number of aliphatic carboxylic acids is 1. The van der Waals surface area contributed by atoms with Gasteiger partial charge in [-0.3, -0.25) is 9.59 Å². The number of Topliss-reactive ketones (excluding diaryl/α,β-unsaturated/α-hetero) is 1. The maximum absolute atomic E-state index is 11.5. The highest BCUT2D eigenvalue weighted by molar-refractivity contribution is 7.99. The van der Waals surface area contributed by atoms with Crippen molar-refractivity contribution in [2.75, 3.05) is 5.75 Å². The number of rotatable bonds is 15. The maximum atomic E-state index is 11.5. The molecule has 0 aliphatic heterocycles. The zero-order chi connectivity index (χ0) is 17.6. The Kier molecular flexibility index (Phi) is 11.4. The van der Waals surface area contributed by atoms with Crippen LogP contribution in [0.15, 0.2) is 21.6 Å². The molecule has 0 radical (unpaired) electrons. The van der Waals surface area contributed by atoms with Gasteiger partial charge in [-0.25, -0.2) is 0 Å². The number of carboxylic acids is 1. The lowest BCUT2D eigenvalue weighted by Crippen LogP contribution is -2.05. The zero-order valence-corrected chi connectivity index (χ0v) is 15.5. The number of furan rings is 1. The molecule has 1 N–H and O–H groups in total. The Morgan fingerprint density at radius 1 is 1.00 bits per heavy atom. The van der Waals surface area contributed by atoms with E-state index in [1.807, 2.05) is 0 Å². The number of carboxylic acid groups (broad SMARTS) is 1. The van der Waals surface area contributed by atoms with Crippen LogP contribution in [0.3, 0.4) is 0 Å². The topological polar surface area (TPSA) is 67.5 Å². The molecule has 24 heavy (non-hydrogen) atoms. The van der Waals surface area contributed by atoms with Gasteiger partial charge in [0.05, 0.1) is 0 Å². The first-order valence-electron chi connectivity index (χ1n) is 9.09. The van der Waals surface area contributed by atoms with Gasteiger partial charge < -0.3 is 9.52 Å². The van der Waals surface area contributed by atoms with E-state index >= 15 is 0 Å². The Hall–Kier alpha value is -1.23. The normalized spacial score (nSPS) is 10.9. The highest BCUT2D eigenvalue weighted by Crippen LogP contribution is 2.23. The van der Waals surface area contributed by atoms with Crippen molar-refractivity contribution in [1.82, 2.24) is 0 Å². The van der Waals surface area contributed by atoms with E-state index in [1.54, 1.807) is 17.8 Å². The summed E-state index contributed by atoms with van der Waals surface area (Å²) in [6, 6.07) is 1.65. The second-order valence-electron chi connectivity index (χ2n) is 6.17. The van der Waals surface area contributed by atoms with Crippen LogP contribution in [0.4, 0.5) is 0 Å². The summed E-state index contributed by atoms with van der Waals surface area (Å²) in [7, 11) is 0. The Bertz CT molecular complexity index is 481. The first-order chi connectivity index (χ1) is 11.6. The van der Waals surface area contributed by atoms with Gasteiger partial charge in [-0.15, -0.1) is 11.8 Å². The van der Waals surface area contributed by atoms with Gasteiger partial charge in [0.2, 0.25) is 5.78 Å². The molecular weight excluding hydrogens is 324 g/mol. The lowest BCUT2D eigenvalue weighted by Gasteiger charge is -2.02. The molecule has 4 nitrogen and oxygen atoms in total. The van der Waals surface area contributed by atoms with E-state index in [1.165, 1.54) is 64.1 Å². The summed E-state index contributed by atoms with van der Waals surface area (Å²) in [4.78, 5) is 23.0. The van der Waals surface area contributed by atoms with Crippen LogP contribution in [-0.4, -0.2) is 22.6 Å². The van der Waals surface area contributed by atoms with E-state index in [9.17, 15) is 9.59 Å². The molecule has 0 fully saturated rings. The molecular formula is C19H30O4S. The number of thioether (sulfide) groups is 1. The van der Waals surface area contributed by atoms with E-state index in [-0.39, 0.29) is 5.76 Å². The SMILES string of the molecule is CCCCCCCCCCCCSc1coc(C(=O)CC(=O)O)c1. The van der Waals surface area contributed by atoms with E-state index in [2.05, 4.69) is 6.92 Å². The first kappa shape index (κ1) is 20.8. The predicted octanol–water partition coefficient (Wildman–Crippen LogP) is 5.95. The molecule has 0 amide bonds. The summed E-state index contributed by atoms with van der Waals surface area (Å²) in [5, 5.41) is 8.60. The molecule has 0 aliphatic rings. The molecule has 0 spiro atoms. The second-order valence-corrected chi connectivity index (χ2v) is 7.34. The minimum atomic E-state index is -1.13. The van der Waals surface area contributed by atoms with Crippen molar-refractivity contribution >= 4 is 23.5 Å².